The Hall–Kier alpha value is -3.36. The molecule has 0 saturated carbocycles. The lowest BCUT2D eigenvalue weighted by Gasteiger charge is -2.32. The molecule has 12 heteroatoms. The lowest BCUT2D eigenvalue weighted by Crippen LogP contribution is -2.53. The second-order valence-electron chi connectivity index (χ2n) is 12.4. The zero-order valence-corrected chi connectivity index (χ0v) is 28.3. The SMILES string of the molecule is COC(O)NC(C(=O)NCCNCC1CNCC1N(CCC(C)C)S(=O)(=O)c1ccc(N)cc1)C(c1ccccc1)c1ccccc1. The Morgan fingerprint density at radius 1 is 0.979 bits per heavy atom. The van der Waals surface area contributed by atoms with Crippen molar-refractivity contribution in [1.29, 1.82) is 0 Å². The Bertz CT molecular complexity index is 1440. The number of hydrogen-bond donors (Lipinski definition) is 6. The van der Waals surface area contributed by atoms with Crippen LogP contribution < -0.4 is 27.0 Å². The predicted octanol–water partition coefficient (Wildman–Crippen LogP) is 2.31. The van der Waals surface area contributed by atoms with Crippen LogP contribution in [0.3, 0.4) is 0 Å². The second-order valence-corrected chi connectivity index (χ2v) is 14.3. The van der Waals surface area contributed by atoms with Gasteiger partial charge in [-0.1, -0.05) is 74.5 Å². The molecule has 1 fully saturated rings. The van der Waals surface area contributed by atoms with Gasteiger partial charge in [-0.25, -0.2) is 8.42 Å². The van der Waals surface area contributed by atoms with E-state index in [2.05, 4.69) is 35.1 Å². The molecule has 4 atom stereocenters. The van der Waals surface area contributed by atoms with Gasteiger partial charge in [0.1, 0.15) is 6.04 Å². The summed E-state index contributed by atoms with van der Waals surface area (Å²) in [6, 6.07) is 24.7. The van der Waals surface area contributed by atoms with Crippen molar-refractivity contribution >= 4 is 21.6 Å². The van der Waals surface area contributed by atoms with Gasteiger partial charge in [-0.05, 0) is 47.7 Å². The van der Waals surface area contributed by atoms with E-state index in [0.29, 0.717) is 50.9 Å². The summed E-state index contributed by atoms with van der Waals surface area (Å²) in [7, 11) is -2.37. The highest BCUT2D eigenvalue weighted by molar-refractivity contribution is 7.89. The van der Waals surface area contributed by atoms with Gasteiger partial charge >= 0.3 is 0 Å². The molecule has 1 aliphatic heterocycles. The Morgan fingerprint density at radius 2 is 1.60 bits per heavy atom. The topological polar surface area (TPSA) is 158 Å². The van der Waals surface area contributed by atoms with Crippen molar-refractivity contribution in [2.45, 2.75) is 49.6 Å². The van der Waals surface area contributed by atoms with Crippen molar-refractivity contribution in [3.05, 3.63) is 96.1 Å². The number of hydrogen-bond acceptors (Lipinski definition) is 9. The van der Waals surface area contributed by atoms with Crippen molar-refractivity contribution in [3.63, 3.8) is 0 Å². The van der Waals surface area contributed by atoms with Crippen molar-refractivity contribution in [3.8, 4) is 0 Å². The van der Waals surface area contributed by atoms with Crippen LogP contribution in [0.25, 0.3) is 0 Å². The number of rotatable bonds is 18. The standard InChI is InChI=1S/C35H50N6O5S/c1-25(2)18-21-41(47(44,45)30-16-14-29(36)15-17-30)31-24-38-23-28(31)22-37-19-20-39-34(42)33(40-35(43)46-3)32(26-10-6-4-7-11-26)27-12-8-5-9-13-27/h4-17,25,28,31-33,35,37-38,40,43H,18-24,36H2,1-3H3,(H,39,42). The molecule has 4 rings (SSSR count). The van der Waals surface area contributed by atoms with Gasteiger partial charge in [0.05, 0.1) is 4.90 Å². The molecule has 4 unspecified atom stereocenters. The van der Waals surface area contributed by atoms with Gasteiger partial charge in [-0.15, -0.1) is 0 Å². The predicted molar refractivity (Wildman–Crippen MR) is 185 cm³/mol. The molecule has 256 valence electrons. The molecule has 0 spiro atoms. The largest absolute Gasteiger partial charge is 0.399 e. The van der Waals surface area contributed by atoms with Gasteiger partial charge in [0.15, 0.2) is 0 Å². The number of sulfonamides is 1. The third-order valence-corrected chi connectivity index (χ3v) is 10.5. The number of aliphatic hydroxyl groups is 1. The van der Waals surface area contributed by atoms with E-state index in [9.17, 15) is 18.3 Å². The first-order valence-electron chi connectivity index (χ1n) is 16.2. The summed E-state index contributed by atoms with van der Waals surface area (Å²) in [6.45, 7) is 7.23. The molecule has 11 nitrogen and oxygen atoms in total. The lowest BCUT2D eigenvalue weighted by atomic mass is 9.84. The Kier molecular flexibility index (Phi) is 13.7. The maximum absolute atomic E-state index is 13.8. The minimum Gasteiger partial charge on any atom is -0.399 e. The fraction of sp³-hybridized carbons (Fsp3) is 0.457. The number of nitrogens with two attached hydrogens (primary N) is 1. The van der Waals surface area contributed by atoms with Gasteiger partial charge in [0.2, 0.25) is 22.3 Å². The highest BCUT2D eigenvalue weighted by Crippen LogP contribution is 2.29. The summed E-state index contributed by atoms with van der Waals surface area (Å²) in [4.78, 5) is 13.9. The highest BCUT2D eigenvalue weighted by Gasteiger charge is 2.39. The van der Waals surface area contributed by atoms with Gasteiger partial charge in [-0.2, -0.15) is 4.31 Å². The van der Waals surface area contributed by atoms with Crippen LogP contribution in [0, 0.1) is 11.8 Å². The summed E-state index contributed by atoms with van der Waals surface area (Å²) >= 11 is 0. The van der Waals surface area contributed by atoms with Crippen molar-refractivity contribution in [2.24, 2.45) is 11.8 Å². The Morgan fingerprint density at radius 3 is 2.17 bits per heavy atom. The smallest absolute Gasteiger partial charge is 0.243 e. The van der Waals surface area contributed by atoms with E-state index in [1.54, 1.807) is 28.6 Å². The first kappa shape index (κ1) is 36.5. The molecule has 0 bridgehead atoms. The molecular weight excluding hydrogens is 616 g/mol. The molecule has 0 aromatic heterocycles. The molecule has 3 aromatic carbocycles. The first-order valence-corrected chi connectivity index (χ1v) is 17.7. The van der Waals surface area contributed by atoms with Crippen LogP contribution in [0.1, 0.15) is 37.3 Å². The molecule has 1 heterocycles. The van der Waals surface area contributed by atoms with Crippen LogP contribution in [-0.4, -0.2) is 88.6 Å². The van der Waals surface area contributed by atoms with Gasteiger partial charge in [0.25, 0.3) is 0 Å². The number of aliphatic hydroxyl groups excluding tert-OH is 1. The second kappa shape index (κ2) is 17.7. The Labute approximate surface area is 279 Å². The van der Waals surface area contributed by atoms with E-state index in [-0.39, 0.29) is 28.7 Å². The minimum atomic E-state index is -3.74. The zero-order valence-electron chi connectivity index (χ0n) is 27.5. The average Bonchev–Trinajstić information content (AvgIpc) is 3.53. The average molecular weight is 667 g/mol. The van der Waals surface area contributed by atoms with Crippen molar-refractivity contribution in [1.82, 2.24) is 25.6 Å². The number of nitrogen functional groups attached to an aromatic ring is 1. The van der Waals surface area contributed by atoms with Crippen LogP contribution in [0.15, 0.2) is 89.8 Å². The van der Waals surface area contributed by atoms with Crippen molar-refractivity contribution < 1.29 is 23.1 Å². The normalized spacial score (nSPS) is 18.1. The summed E-state index contributed by atoms with van der Waals surface area (Å²) in [6.07, 6.45) is -0.592. The molecule has 0 aliphatic carbocycles. The van der Waals surface area contributed by atoms with E-state index < -0.39 is 22.5 Å². The molecule has 47 heavy (non-hydrogen) atoms. The number of anilines is 1. The lowest BCUT2D eigenvalue weighted by molar-refractivity contribution is -0.133. The van der Waals surface area contributed by atoms with Crippen LogP contribution in [0.4, 0.5) is 5.69 Å². The molecule has 0 radical (unpaired) electrons. The van der Waals surface area contributed by atoms with E-state index in [1.807, 2.05) is 60.7 Å². The van der Waals surface area contributed by atoms with Gasteiger partial charge in [0, 0.05) is 69.9 Å². The molecular formula is C35H50N6O5S. The third-order valence-electron chi connectivity index (χ3n) is 8.57. The van der Waals surface area contributed by atoms with E-state index in [4.69, 9.17) is 10.5 Å². The number of nitrogens with one attached hydrogen (secondary N) is 4. The van der Waals surface area contributed by atoms with Crippen LogP contribution >= 0.6 is 0 Å². The highest BCUT2D eigenvalue weighted by atomic mass is 32.2. The summed E-state index contributed by atoms with van der Waals surface area (Å²) in [5.74, 6) is -0.288. The molecule has 1 amide bonds. The van der Waals surface area contributed by atoms with Gasteiger partial charge < -0.3 is 31.5 Å². The van der Waals surface area contributed by atoms with E-state index >= 15 is 0 Å². The number of ether oxygens (including phenoxy) is 1. The monoisotopic (exact) mass is 666 g/mol. The van der Waals surface area contributed by atoms with Crippen LogP contribution in [0.5, 0.6) is 0 Å². The number of benzene rings is 3. The summed E-state index contributed by atoms with van der Waals surface area (Å²) in [5.41, 5.74) is 8.18. The fourth-order valence-corrected chi connectivity index (χ4v) is 7.70. The minimum absolute atomic E-state index is 0.0354. The molecule has 7 N–H and O–H groups in total. The maximum Gasteiger partial charge on any atom is 0.243 e. The van der Waals surface area contributed by atoms with Gasteiger partial charge in [-0.3, -0.25) is 10.1 Å². The van der Waals surface area contributed by atoms with Crippen LogP contribution in [-0.2, 0) is 19.6 Å². The maximum atomic E-state index is 13.8. The Balaban J connectivity index is 1.40. The number of nitrogens with zero attached hydrogens (tertiary/aromatic N) is 1. The molecule has 1 aliphatic rings. The number of amides is 1. The first-order chi connectivity index (χ1) is 22.6. The third kappa shape index (κ3) is 10.1. The zero-order chi connectivity index (χ0) is 33.8. The quantitative estimate of drug-likeness (QED) is 0.0681. The number of carbonyl (C=O) groups is 1. The number of methoxy groups -OCH3 is 1. The number of carbonyl (C=O) groups excluding carboxylic acids is 1. The summed E-state index contributed by atoms with van der Waals surface area (Å²) in [5, 5.41) is 23.1. The van der Waals surface area contributed by atoms with Crippen molar-refractivity contribution in [2.75, 3.05) is 52.1 Å². The molecule has 1 saturated heterocycles. The summed E-state index contributed by atoms with van der Waals surface area (Å²) < 4.78 is 34.4. The fourth-order valence-electron chi connectivity index (χ4n) is 6.00. The van der Waals surface area contributed by atoms with E-state index in [0.717, 1.165) is 17.5 Å². The van der Waals surface area contributed by atoms with E-state index in [1.165, 1.54) is 7.11 Å². The molecule has 3 aromatic rings. The van der Waals surface area contributed by atoms with Crippen LogP contribution in [0.2, 0.25) is 0 Å².